The Morgan fingerprint density at radius 2 is 1.90 bits per heavy atom. The van der Waals surface area contributed by atoms with E-state index in [9.17, 15) is 4.79 Å². The second-order valence-electron chi connectivity index (χ2n) is 6.04. The van der Waals surface area contributed by atoms with E-state index in [4.69, 9.17) is 9.84 Å². The molecule has 21 heavy (non-hydrogen) atoms. The van der Waals surface area contributed by atoms with Crippen LogP contribution >= 0.6 is 0 Å². The maximum absolute atomic E-state index is 10.9. The summed E-state index contributed by atoms with van der Waals surface area (Å²) in [6.07, 6.45) is 3.54. The molecule has 2 rings (SSSR count). The van der Waals surface area contributed by atoms with Gasteiger partial charge < -0.3 is 15.2 Å². The molecule has 0 bridgehead atoms. The van der Waals surface area contributed by atoms with Crippen LogP contribution in [0.1, 0.15) is 38.2 Å². The molecule has 4 nitrogen and oxygen atoms in total. The number of benzene rings is 1. The van der Waals surface area contributed by atoms with Crippen molar-refractivity contribution < 1.29 is 14.6 Å². The number of hydrogen-bond acceptors (Lipinski definition) is 3. The van der Waals surface area contributed by atoms with Gasteiger partial charge in [0, 0.05) is 12.6 Å². The SMILES string of the molecule is Cc1ccc(OC(C)CNC2CCC(C(=O)O)CC2)cc1. The Labute approximate surface area is 126 Å². The minimum atomic E-state index is -0.649. The van der Waals surface area contributed by atoms with Crippen LogP contribution in [0.2, 0.25) is 0 Å². The predicted molar refractivity (Wildman–Crippen MR) is 82.7 cm³/mol. The molecule has 0 aromatic heterocycles. The Kier molecular flexibility index (Phi) is 5.62. The maximum Gasteiger partial charge on any atom is 0.306 e. The fourth-order valence-electron chi connectivity index (χ4n) is 2.77. The Morgan fingerprint density at radius 3 is 2.48 bits per heavy atom. The van der Waals surface area contributed by atoms with Crippen molar-refractivity contribution in [1.29, 1.82) is 0 Å². The number of aryl methyl sites for hydroxylation is 1. The van der Waals surface area contributed by atoms with Gasteiger partial charge in [-0.15, -0.1) is 0 Å². The lowest BCUT2D eigenvalue weighted by molar-refractivity contribution is -0.142. The molecule has 0 radical (unpaired) electrons. The molecule has 4 heteroatoms. The van der Waals surface area contributed by atoms with E-state index in [1.165, 1.54) is 5.56 Å². The van der Waals surface area contributed by atoms with Crippen molar-refractivity contribution >= 4 is 5.97 Å². The number of rotatable bonds is 6. The molecule has 0 aliphatic heterocycles. The normalized spacial score (nSPS) is 23.5. The molecule has 0 heterocycles. The zero-order valence-electron chi connectivity index (χ0n) is 12.8. The lowest BCUT2D eigenvalue weighted by atomic mass is 9.86. The number of ether oxygens (including phenoxy) is 1. The topological polar surface area (TPSA) is 58.6 Å². The third-order valence-electron chi connectivity index (χ3n) is 4.13. The van der Waals surface area contributed by atoms with E-state index < -0.39 is 5.97 Å². The van der Waals surface area contributed by atoms with Gasteiger partial charge in [0.15, 0.2) is 0 Å². The summed E-state index contributed by atoms with van der Waals surface area (Å²) in [7, 11) is 0. The molecule has 1 fully saturated rings. The van der Waals surface area contributed by atoms with Crippen LogP contribution in [0.5, 0.6) is 5.75 Å². The van der Waals surface area contributed by atoms with Gasteiger partial charge >= 0.3 is 5.97 Å². The van der Waals surface area contributed by atoms with E-state index in [1.807, 2.05) is 24.3 Å². The van der Waals surface area contributed by atoms with E-state index in [-0.39, 0.29) is 12.0 Å². The fourth-order valence-corrected chi connectivity index (χ4v) is 2.77. The van der Waals surface area contributed by atoms with Crippen LogP contribution in [-0.2, 0) is 4.79 Å². The van der Waals surface area contributed by atoms with Crippen LogP contribution in [0.3, 0.4) is 0 Å². The summed E-state index contributed by atoms with van der Waals surface area (Å²) in [5, 5.41) is 12.5. The van der Waals surface area contributed by atoms with Crippen molar-refractivity contribution in [3.05, 3.63) is 29.8 Å². The average Bonchev–Trinajstić information content (AvgIpc) is 2.48. The summed E-state index contributed by atoms with van der Waals surface area (Å²) in [4.78, 5) is 10.9. The first-order valence-corrected chi connectivity index (χ1v) is 7.74. The van der Waals surface area contributed by atoms with Gasteiger partial charge in [-0.2, -0.15) is 0 Å². The molecule has 1 saturated carbocycles. The first kappa shape index (κ1) is 15.8. The van der Waals surface area contributed by atoms with Crippen molar-refractivity contribution in [2.45, 2.75) is 51.7 Å². The third-order valence-corrected chi connectivity index (χ3v) is 4.13. The molecule has 1 aromatic rings. The molecule has 1 aliphatic carbocycles. The molecule has 116 valence electrons. The second-order valence-corrected chi connectivity index (χ2v) is 6.04. The molecular weight excluding hydrogens is 266 g/mol. The highest BCUT2D eigenvalue weighted by Crippen LogP contribution is 2.24. The van der Waals surface area contributed by atoms with Crippen molar-refractivity contribution in [2.24, 2.45) is 5.92 Å². The quantitative estimate of drug-likeness (QED) is 0.846. The highest BCUT2D eigenvalue weighted by molar-refractivity contribution is 5.70. The second kappa shape index (κ2) is 7.46. The summed E-state index contributed by atoms with van der Waals surface area (Å²) >= 11 is 0. The number of carboxylic acid groups (broad SMARTS) is 1. The highest BCUT2D eigenvalue weighted by Gasteiger charge is 2.25. The lowest BCUT2D eigenvalue weighted by Crippen LogP contribution is -2.39. The zero-order chi connectivity index (χ0) is 15.2. The van der Waals surface area contributed by atoms with E-state index >= 15 is 0 Å². The Morgan fingerprint density at radius 1 is 1.29 bits per heavy atom. The molecule has 0 saturated heterocycles. The van der Waals surface area contributed by atoms with Crippen LogP contribution in [0.25, 0.3) is 0 Å². The van der Waals surface area contributed by atoms with Crippen LogP contribution < -0.4 is 10.1 Å². The monoisotopic (exact) mass is 291 g/mol. The molecule has 2 N–H and O–H groups in total. The smallest absolute Gasteiger partial charge is 0.306 e. The summed E-state index contributed by atoms with van der Waals surface area (Å²) in [5.41, 5.74) is 1.23. The van der Waals surface area contributed by atoms with Crippen LogP contribution in [0, 0.1) is 12.8 Å². The fraction of sp³-hybridized carbons (Fsp3) is 0.588. The lowest BCUT2D eigenvalue weighted by Gasteiger charge is -2.28. The van der Waals surface area contributed by atoms with Gasteiger partial charge in [0.25, 0.3) is 0 Å². The van der Waals surface area contributed by atoms with Crippen molar-refractivity contribution in [3.63, 3.8) is 0 Å². The molecule has 1 atom stereocenters. The Bertz CT molecular complexity index is 450. The summed E-state index contributed by atoms with van der Waals surface area (Å²) < 4.78 is 5.86. The van der Waals surface area contributed by atoms with Gasteiger partial charge in [-0.3, -0.25) is 4.79 Å². The van der Waals surface area contributed by atoms with Gasteiger partial charge in [-0.1, -0.05) is 17.7 Å². The molecule has 1 aliphatic rings. The molecular formula is C17H25NO3. The van der Waals surface area contributed by atoms with Crippen molar-refractivity contribution in [1.82, 2.24) is 5.32 Å². The van der Waals surface area contributed by atoms with Gasteiger partial charge in [-0.25, -0.2) is 0 Å². The number of hydrogen-bond donors (Lipinski definition) is 2. The largest absolute Gasteiger partial charge is 0.489 e. The molecule has 1 aromatic carbocycles. The standard InChI is InChI=1S/C17H25NO3/c1-12-3-9-16(10-4-12)21-13(2)11-18-15-7-5-14(6-8-15)17(19)20/h3-4,9-10,13-15,18H,5-8,11H2,1-2H3,(H,19,20). The average molecular weight is 291 g/mol. The van der Waals surface area contributed by atoms with E-state index in [1.54, 1.807) is 0 Å². The highest BCUT2D eigenvalue weighted by atomic mass is 16.5. The van der Waals surface area contributed by atoms with Gasteiger partial charge in [0.05, 0.1) is 5.92 Å². The minimum absolute atomic E-state index is 0.102. The molecule has 1 unspecified atom stereocenters. The third kappa shape index (κ3) is 5.05. The Hall–Kier alpha value is -1.55. The summed E-state index contributed by atoms with van der Waals surface area (Å²) in [6, 6.07) is 8.49. The van der Waals surface area contributed by atoms with Gasteiger partial charge in [-0.05, 0) is 51.7 Å². The van der Waals surface area contributed by atoms with Crippen LogP contribution in [-0.4, -0.2) is 29.8 Å². The molecule has 0 spiro atoms. The van der Waals surface area contributed by atoms with Crippen molar-refractivity contribution in [2.75, 3.05) is 6.54 Å². The van der Waals surface area contributed by atoms with E-state index in [0.717, 1.165) is 38.0 Å². The van der Waals surface area contributed by atoms with Gasteiger partial charge in [0.1, 0.15) is 11.9 Å². The maximum atomic E-state index is 10.9. The summed E-state index contributed by atoms with van der Waals surface area (Å²) in [6.45, 7) is 4.90. The predicted octanol–water partition coefficient (Wildman–Crippen LogP) is 3.00. The van der Waals surface area contributed by atoms with Crippen LogP contribution in [0.15, 0.2) is 24.3 Å². The Balaban J connectivity index is 1.68. The van der Waals surface area contributed by atoms with Crippen LogP contribution in [0.4, 0.5) is 0 Å². The first-order valence-electron chi connectivity index (χ1n) is 7.74. The van der Waals surface area contributed by atoms with E-state index in [2.05, 4.69) is 19.2 Å². The van der Waals surface area contributed by atoms with Gasteiger partial charge in [0.2, 0.25) is 0 Å². The van der Waals surface area contributed by atoms with Crippen molar-refractivity contribution in [3.8, 4) is 5.75 Å². The number of nitrogens with one attached hydrogen (secondary N) is 1. The number of carbonyl (C=O) groups is 1. The summed E-state index contributed by atoms with van der Waals surface area (Å²) in [5.74, 6) is 0.0956. The zero-order valence-corrected chi connectivity index (χ0v) is 12.8. The number of carboxylic acids is 1. The number of aliphatic carboxylic acids is 1. The molecule has 0 amide bonds. The van der Waals surface area contributed by atoms with E-state index in [0.29, 0.717) is 6.04 Å². The first-order chi connectivity index (χ1) is 10.0. The minimum Gasteiger partial charge on any atom is -0.489 e.